The zero-order valence-electron chi connectivity index (χ0n) is 11.8. The van der Waals surface area contributed by atoms with E-state index < -0.39 is 0 Å². The van der Waals surface area contributed by atoms with Gasteiger partial charge in [0, 0.05) is 0 Å². The molecule has 7 heteroatoms. The number of para-hydroxylation sites is 3. The molecule has 5 nitrogen and oxygen atoms in total. The first kappa shape index (κ1) is 16.3. The Bertz CT molecular complexity index is 816. The number of nitrogens with one attached hydrogen (secondary N) is 1. The van der Waals surface area contributed by atoms with Crippen LogP contribution in [0.1, 0.15) is 0 Å². The molecule has 0 aliphatic carbocycles. The third kappa shape index (κ3) is 3.21. The summed E-state index contributed by atoms with van der Waals surface area (Å²) in [5.74, 6) is -0.169. The minimum Gasteiger partial charge on any atom is -1.00 e. The predicted molar refractivity (Wildman–Crippen MR) is 81.0 cm³/mol. The summed E-state index contributed by atoms with van der Waals surface area (Å²) in [6, 6.07) is 14.9. The quantitative estimate of drug-likeness (QED) is 0.634. The average Bonchev–Trinajstić information content (AvgIpc) is 2.79. The van der Waals surface area contributed by atoms with Gasteiger partial charge in [-0.1, -0.05) is 35.9 Å². The second-order valence-electron chi connectivity index (χ2n) is 4.69. The van der Waals surface area contributed by atoms with Crippen molar-refractivity contribution in [1.82, 2.24) is 9.90 Å². The first-order chi connectivity index (χ1) is 10.1. The van der Waals surface area contributed by atoms with Gasteiger partial charge in [0.15, 0.2) is 17.6 Å². The van der Waals surface area contributed by atoms with Crippen molar-refractivity contribution in [3.63, 3.8) is 0 Å². The number of rotatable bonds is 3. The molecule has 0 unspecified atom stereocenters. The minimum absolute atomic E-state index is 0. The fraction of sp³-hybridized carbons (Fsp3) is 0.133. The van der Waals surface area contributed by atoms with Gasteiger partial charge in [0.05, 0.1) is 15.9 Å². The largest absolute Gasteiger partial charge is 1.00 e. The molecule has 0 fully saturated rings. The monoisotopic (exact) mass is 336 g/mol. The Labute approximate surface area is 138 Å². The van der Waals surface area contributed by atoms with Gasteiger partial charge in [-0.25, -0.2) is 0 Å². The number of carbonyl (C=O) groups excluding carboxylic acids is 1. The molecule has 0 bridgehead atoms. The number of hydrogen-bond acceptors (Lipinski definition) is 2. The lowest BCUT2D eigenvalue weighted by Gasteiger charge is -2.04. The van der Waals surface area contributed by atoms with Gasteiger partial charge in [-0.3, -0.25) is 4.79 Å². The first-order valence-electron chi connectivity index (χ1n) is 6.51. The zero-order chi connectivity index (χ0) is 14.8. The highest BCUT2D eigenvalue weighted by Gasteiger charge is 2.18. The summed E-state index contributed by atoms with van der Waals surface area (Å²) in [6.07, 6.45) is 0. The molecule has 22 heavy (non-hydrogen) atoms. The molecule has 1 heterocycles. The van der Waals surface area contributed by atoms with Crippen LogP contribution in [0, 0.1) is 0 Å². The standard InChI is InChI=1S/C15H13ClN4O.ClH/c1-19-13-8-4-5-9-14(13)20(18-19)10-15(21)17-12-7-3-2-6-11(12)16;/h2-9H,10H2,1H3;1H. The van der Waals surface area contributed by atoms with Crippen LogP contribution in [0.15, 0.2) is 48.5 Å². The smallest absolute Gasteiger partial charge is 0.268 e. The van der Waals surface area contributed by atoms with Crippen LogP contribution in [0.5, 0.6) is 0 Å². The van der Waals surface area contributed by atoms with Crippen molar-refractivity contribution < 1.29 is 21.9 Å². The normalized spacial score (nSPS) is 10.3. The average molecular weight is 337 g/mol. The fourth-order valence-electron chi connectivity index (χ4n) is 2.22. The first-order valence-corrected chi connectivity index (χ1v) is 6.89. The second kappa shape index (κ2) is 6.77. The number of amides is 1. The molecule has 0 saturated heterocycles. The minimum atomic E-state index is -0.169. The predicted octanol–water partition coefficient (Wildman–Crippen LogP) is -0.843. The van der Waals surface area contributed by atoms with Crippen LogP contribution in [0.3, 0.4) is 0 Å². The van der Waals surface area contributed by atoms with Crippen molar-refractivity contribution in [1.29, 1.82) is 0 Å². The van der Waals surface area contributed by atoms with Crippen LogP contribution >= 0.6 is 11.6 Å². The number of halogens is 2. The number of nitrogens with zero attached hydrogens (tertiary/aromatic N) is 3. The lowest BCUT2D eigenvalue weighted by molar-refractivity contribution is -0.709. The Morgan fingerprint density at radius 1 is 1.23 bits per heavy atom. The van der Waals surface area contributed by atoms with Crippen molar-refractivity contribution in [3.05, 3.63) is 53.6 Å². The lowest BCUT2D eigenvalue weighted by Crippen LogP contribution is -3.00. The van der Waals surface area contributed by atoms with Crippen molar-refractivity contribution in [2.75, 3.05) is 5.32 Å². The van der Waals surface area contributed by atoms with Gasteiger partial charge < -0.3 is 17.7 Å². The Balaban J connectivity index is 0.00000176. The van der Waals surface area contributed by atoms with Crippen molar-refractivity contribution in [2.24, 2.45) is 7.05 Å². The van der Waals surface area contributed by atoms with Crippen LogP contribution in [0.25, 0.3) is 11.0 Å². The Morgan fingerprint density at radius 2 is 1.91 bits per heavy atom. The number of aromatic nitrogens is 3. The molecule has 0 atom stereocenters. The van der Waals surface area contributed by atoms with E-state index in [-0.39, 0.29) is 24.9 Å². The van der Waals surface area contributed by atoms with Gasteiger partial charge in [0.25, 0.3) is 5.91 Å². The molecular weight excluding hydrogens is 323 g/mol. The van der Waals surface area contributed by atoms with E-state index in [0.29, 0.717) is 10.7 Å². The number of benzene rings is 2. The van der Waals surface area contributed by atoms with Gasteiger partial charge >= 0.3 is 0 Å². The Morgan fingerprint density at radius 3 is 2.68 bits per heavy atom. The van der Waals surface area contributed by atoms with Crippen LogP contribution in [-0.2, 0) is 18.4 Å². The van der Waals surface area contributed by atoms with Gasteiger partial charge in [-0.2, -0.15) is 0 Å². The van der Waals surface area contributed by atoms with Crippen molar-refractivity contribution >= 4 is 34.2 Å². The molecule has 0 spiro atoms. The van der Waals surface area contributed by atoms with Gasteiger partial charge in [0.1, 0.15) is 7.05 Å². The molecule has 3 aromatic rings. The molecule has 114 valence electrons. The molecule has 1 aromatic heterocycles. The molecule has 0 aliphatic rings. The van der Waals surface area contributed by atoms with Crippen LogP contribution < -0.4 is 22.4 Å². The van der Waals surface area contributed by atoms with Crippen LogP contribution in [-0.4, -0.2) is 15.8 Å². The van der Waals surface area contributed by atoms with Gasteiger partial charge in [-0.05, 0) is 24.3 Å². The number of aryl methyl sites for hydroxylation is 1. The van der Waals surface area contributed by atoms with E-state index in [2.05, 4.69) is 10.5 Å². The molecule has 0 aliphatic heterocycles. The van der Waals surface area contributed by atoms with Crippen molar-refractivity contribution in [3.8, 4) is 0 Å². The van der Waals surface area contributed by atoms with Gasteiger partial charge in [0.2, 0.25) is 0 Å². The SMILES string of the molecule is C[n+]1nn(CC(=O)Nc2ccccc2Cl)c2ccccc21.[Cl-]. The molecule has 1 N–H and O–H groups in total. The molecule has 3 rings (SSSR count). The summed E-state index contributed by atoms with van der Waals surface area (Å²) in [5, 5.41) is 7.64. The number of carbonyl (C=O) groups is 1. The van der Waals surface area contributed by atoms with Crippen molar-refractivity contribution in [2.45, 2.75) is 6.54 Å². The molecule has 2 aromatic carbocycles. The third-order valence-corrected chi connectivity index (χ3v) is 3.52. The van der Waals surface area contributed by atoms with E-state index in [0.717, 1.165) is 11.0 Å². The summed E-state index contributed by atoms with van der Waals surface area (Å²) >= 11 is 6.03. The Hall–Kier alpha value is -2.11. The maximum absolute atomic E-state index is 12.1. The molecule has 0 radical (unpaired) electrons. The topological polar surface area (TPSA) is 50.8 Å². The molecule has 1 amide bonds. The maximum Gasteiger partial charge on any atom is 0.268 e. The summed E-state index contributed by atoms with van der Waals surface area (Å²) in [7, 11) is 1.85. The third-order valence-electron chi connectivity index (χ3n) is 3.19. The summed E-state index contributed by atoms with van der Waals surface area (Å²) in [5.41, 5.74) is 2.49. The van der Waals surface area contributed by atoms with E-state index in [1.165, 1.54) is 0 Å². The van der Waals surface area contributed by atoms with E-state index in [4.69, 9.17) is 11.6 Å². The summed E-state index contributed by atoms with van der Waals surface area (Å²) in [6.45, 7) is 0.132. The number of fused-ring (bicyclic) bond motifs is 1. The molecular formula is C15H14Cl2N4O. The Kier molecular flexibility index (Phi) is 5.00. The fourth-order valence-corrected chi connectivity index (χ4v) is 2.40. The highest BCUT2D eigenvalue weighted by Crippen LogP contribution is 2.20. The van der Waals surface area contributed by atoms with E-state index in [1.54, 1.807) is 21.5 Å². The van der Waals surface area contributed by atoms with Gasteiger partial charge in [-0.15, -0.1) is 9.36 Å². The number of hydrogen-bond donors (Lipinski definition) is 1. The summed E-state index contributed by atoms with van der Waals surface area (Å²) < 4.78 is 3.42. The van der Waals surface area contributed by atoms with Crippen LogP contribution in [0.2, 0.25) is 5.02 Å². The summed E-state index contributed by atoms with van der Waals surface area (Å²) in [4.78, 5) is 12.1. The van der Waals surface area contributed by atoms with E-state index >= 15 is 0 Å². The highest BCUT2D eigenvalue weighted by molar-refractivity contribution is 6.33. The zero-order valence-corrected chi connectivity index (χ0v) is 13.3. The second-order valence-corrected chi connectivity index (χ2v) is 5.09. The number of anilines is 1. The lowest BCUT2D eigenvalue weighted by atomic mass is 10.3. The highest BCUT2D eigenvalue weighted by atomic mass is 35.5. The van der Waals surface area contributed by atoms with E-state index in [9.17, 15) is 4.79 Å². The van der Waals surface area contributed by atoms with Crippen LogP contribution in [0.4, 0.5) is 5.69 Å². The van der Waals surface area contributed by atoms with E-state index in [1.807, 2.05) is 43.4 Å². The molecule has 0 saturated carbocycles. The maximum atomic E-state index is 12.1.